The van der Waals surface area contributed by atoms with E-state index in [9.17, 15) is 5.11 Å². The van der Waals surface area contributed by atoms with E-state index in [1.807, 2.05) is 24.3 Å². The van der Waals surface area contributed by atoms with E-state index in [-0.39, 0.29) is 12.2 Å². The molecule has 1 aliphatic heterocycles. The van der Waals surface area contributed by atoms with E-state index in [4.69, 9.17) is 14.2 Å². The van der Waals surface area contributed by atoms with E-state index >= 15 is 0 Å². The Labute approximate surface area is 202 Å². The summed E-state index contributed by atoms with van der Waals surface area (Å²) in [7, 11) is 1.65. The second-order valence-corrected chi connectivity index (χ2v) is 9.28. The molecule has 1 aromatic rings. The molecule has 3 atom stereocenters. The number of epoxide rings is 1. The Morgan fingerprint density at radius 2 is 1.45 bits per heavy atom. The normalized spacial score (nSPS) is 17.9. The third-order valence-corrected chi connectivity index (χ3v) is 6.38. The molecule has 0 spiro atoms. The minimum absolute atomic E-state index is 0.114. The molecule has 0 unspecified atom stereocenters. The third kappa shape index (κ3) is 13.1. The smallest absolute Gasteiger partial charge is 0.143 e. The van der Waals surface area contributed by atoms with Crippen LogP contribution in [-0.2, 0) is 16.1 Å². The molecule has 0 bridgehead atoms. The molecule has 1 saturated heterocycles. The maximum Gasteiger partial charge on any atom is 0.143 e. The summed E-state index contributed by atoms with van der Waals surface area (Å²) in [5.41, 5.74) is 1.07. The lowest BCUT2D eigenvalue weighted by atomic mass is 10.0. The molecular weight excluding hydrogens is 412 g/mol. The molecule has 0 amide bonds. The van der Waals surface area contributed by atoms with Crippen LogP contribution in [-0.4, -0.2) is 37.1 Å². The van der Waals surface area contributed by atoms with Crippen LogP contribution < -0.4 is 4.74 Å². The monoisotopic (exact) mass is 458 g/mol. The number of hydrogen-bond donors (Lipinski definition) is 1. The van der Waals surface area contributed by atoms with Gasteiger partial charge in [0, 0.05) is 0 Å². The SMILES string of the molecule is CCCCCCCCCCCCCCC[C@H]1O[C@@H]1[C@H](O)C#CCOCc1ccc(OC)cc1. The molecule has 0 radical (unpaired) electrons. The van der Waals surface area contributed by atoms with Crippen LogP contribution >= 0.6 is 0 Å². The van der Waals surface area contributed by atoms with Crippen LogP contribution in [0.3, 0.4) is 0 Å². The average Bonchev–Trinajstić information content (AvgIpc) is 3.62. The van der Waals surface area contributed by atoms with Crippen LogP contribution in [0.4, 0.5) is 0 Å². The first kappa shape index (κ1) is 27.7. The van der Waals surface area contributed by atoms with Crippen molar-refractivity contribution in [1.82, 2.24) is 0 Å². The zero-order valence-electron chi connectivity index (χ0n) is 21.0. The highest BCUT2D eigenvalue weighted by Gasteiger charge is 2.42. The summed E-state index contributed by atoms with van der Waals surface area (Å²) in [5.74, 6) is 6.61. The summed E-state index contributed by atoms with van der Waals surface area (Å²) in [6, 6.07) is 7.77. The van der Waals surface area contributed by atoms with Crippen molar-refractivity contribution in [2.75, 3.05) is 13.7 Å². The molecule has 1 aromatic carbocycles. The van der Waals surface area contributed by atoms with Crippen molar-refractivity contribution >= 4 is 0 Å². The van der Waals surface area contributed by atoms with Crippen LogP contribution in [0.5, 0.6) is 5.75 Å². The van der Waals surface area contributed by atoms with Crippen LogP contribution in [0.1, 0.15) is 102 Å². The zero-order chi connectivity index (χ0) is 23.6. The molecule has 186 valence electrons. The minimum Gasteiger partial charge on any atom is -0.497 e. The first-order valence-electron chi connectivity index (χ1n) is 13.3. The number of rotatable bonds is 19. The summed E-state index contributed by atoms with van der Waals surface area (Å²) in [6.07, 6.45) is 18.2. The molecule has 4 nitrogen and oxygen atoms in total. The average molecular weight is 459 g/mol. The molecular formula is C29H46O4. The first-order valence-corrected chi connectivity index (χ1v) is 13.3. The van der Waals surface area contributed by atoms with Gasteiger partial charge < -0.3 is 19.3 Å². The highest BCUT2D eigenvalue weighted by atomic mass is 16.6. The van der Waals surface area contributed by atoms with Gasteiger partial charge in [0.25, 0.3) is 0 Å². The van der Waals surface area contributed by atoms with Crippen LogP contribution in [0.15, 0.2) is 24.3 Å². The van der Waals surface area contributed by atoms with Gasteiger partial charge >= 0.3 is 0 Å². The number of aliphatic hydroxyl groups is 1. The Balaban J connectivity index is 1.38. The van der Waals surface area contributed by atoms with Crippen molar-refractivity contribution in [3.05, 3.63) is 29.8 Å². The number of ether oxygens (including phenoxy) is 3. The maximum absolute atomic E-state index is 10.2. The van der Waals surface area contributed by atoms with Crippen molar-refractivity contribution in [1.29, 1.82) is 0 Å². The van der Waals surface area contributed by atoms with Crippen molar-refractivity contribution in [3.63, 3.8) is 0 Å². The fraction of sp³-hybridized carbons (Fsp3) is 0.724. The number of aliphatic hydroxyl groups excluding tert-OH is 1. The van der Waals surface area contributed by atoms with Gasteiger partial charge in [-0.05, 0) is 24.1 Å². The molecule has 1 fully saturated rings. The maximum atomic E-state index is 10.2. The Morgan fingerprint density at radius 3 is 2.03 bits per heavy atom. The quantitative estimate of drug-likeness (QED) is 0.140. The highest BCUT2D eigenvalue weighted by molar-refractivity contribution is 5.26. The summed E-state index contributed by atoms with van der Waals surface area (Å²) < 4.78 is 16.3. The second kappa shape index (κ2) is 17.9. The molecule has 1 N–H and O–H groups in total. The largest absolute Gasteiger partial charge is 0.497 e. The van der Waals surface area contributed by atoms with Gasteiger partial charge in [-0.25, -0.2) is 0 Å². The zero-order valence-corrected chi connectivity index (χ0v) is 21.0. The van der Waals surface area contributed by atoms with Crippen LogP contribution in [0.25, 0.3) is 0 Å². The molecule has 2 rings (SSSR count). The number of benzene rings is 1. The number of methoxy groups -OCH3 is 1. The van der Waals surface area contributed by atoms with E-state index < -0.39 is 6.10 Å². The van der Waals surface area contributed by atoms with Crippen LogP contribution in [0, 0.1) is 11.8 Å². The first-order chi connectivity index (χ1) is 16.2. The van der Waals surface area contributed by atoms with Gasteiger partial charge in [0.15, 0.2) is 0 Å². The Morgan fingerprint density at radius 1 is 0.879 bits per heavy atom. The summed E-state index contributed by atoms with van der Waals surface area (Å²) >= 11 is 0. The predicted octanol–water partition coefficient (Wildman–Crippen LogP) is 6.82. The number of hydrogen-bond acceptors (Lipinski definition) is 4. The van der Waals surface area contributed by atoms with Gasteiger partial charge in [-0.15, -0.1) is 0 Å². The minimum atomic E-state index is -0.707. The summed E-state index contributed by atoms with van der Waals surface area (Å²) in [4.78, 5) is 0. The highest BCUT2D eigenvalue weighted by Crippen LogP contribution is 2.30. The molecule has 1 heterocycles. The fourth-order valence-corrected chi connectivity index (χ4v) is 4.20. The molecule has 1 aliphatic rings. The van der Waals surface area contributed by atoms with E-state index in [1.54, 1.807) is 7.11 Å². The molecule has 0 aliphatic carbocycles. The van der Waals surface area contributed by atoms with E-state index in [0.29, 0.717) is 13.2 Å². The fourth-order valence-electron chi connectivity index (χ4n) is 4.20. The lowest BCUT2D eigenvalue weighted by molar-refractivity contribution is 0.152. The van der Waals surface area contributed by atoms with E-state index in [2.05, 4.69) is 18.8 Å². The second-order valence-electron chi connectivity index (χ2n) is 9.28. The Hall–Kier alpha value is -1.54. The van der Waals surface area contributed by atoms with Crippen molar-refractivity contribution < 1.29 is 19.3 Å². The van der Waals surface area contributed by atoms with Gasteiger partial charge in [0.05, 0.1) is 19.8 Å². The standard InChI is InChI=1S/C29H46O4/c1-3-4-5-6-7-8-9-10-11-12-13-14-15-18-28-29(33-28)27(30)17-16-23-32-24-25-19-21-26(31-2)22-20-25/h19-22,27-30H,3-15,18,23-24H2,1-2H3/t27-,28-,29-/m1/s1. The molecule has 4 heteroatoms. The lowest BCUT2D eigenvalue weighted by Crippen LogP contribution is -2.14. The molecule has 33 heavy (non-hydrogen) atoms. The van der Waals surface area contributed by atoms with E-state index in [0.717, 1.165) is 17.7 Å². The van der Waals surface area contributed by atoms with Gasteiger partial charge in [-0.2, -0.15) is 0 Å². The van der Waals surface area contributed by atoms with Crippen molar-refractivity contribution in [2.24, 2.45) is 0 Å². The molecule has 0 saturated carbocycles. The third-order valence-electron chi connectivity index (χ3n) is 6.38. The molecule has 0 aromatic heterocycles. The van der Waals surface area contributed by atoms with Crippen LogP contribution in [0.2, 0.25) is 0 Å². The van der Waals surface area contributed by atoms with Gasteiger partial charge in [-0.1, -0.05) is 114 Å². The predicted molar refractivity (Wildman–Crippen MR) is 135 cm³/mol. The van der Waals surface area contributed by atoms with Gasteiger partial charge in [0.1, 0.15) is 24.6 Å². The Kier molecular flexibility index (Phi) is 15.0. The topological polar surface area (TPSA) is 51.2 Å². The lowest BCUT2D eigenvalue weighted by Gasteiger charge is -2.03. The van der Waals surface area contributed by atoms with Crippen molar-refractivity contribution in [3.8, 4) is 17.6 Å². The van der Waals surface area contributed by atoms with Gasteiger partial charge in [-0.3, -0.25) is 0 Å². The van der Waals surface area contributed by atoms with Gasteiger partial charge in [0.2, 0.25) is 0 Å². The summed E-state index contributed by atoms with van der Waals surface area (Å²) in [5, 5.41) is 10.2. The summed E-state index contributed by atoms with van der Waals surface area (Å²) in [6.45, 7) is 3.08. The van der Waals surface area contributed by atoms with Crippen molar-refractivity contribution in [2.45, 2.75) is 122 Å². The van der Waals surface area contributed by atoms with E-state index in [1.165, 1.54) is 83.5 Å². The Bertz CT molecular complexity index is 660. The number of unbranched alkanes of at least 4 members (excludes halogenated alkanes) is 12.